The molecule has 2 saturated heterocycles. The Kier molecular flexibility index (Phi) is 6.92. The molecule has 0 radical (unpaired) electrons. The van der Waals surface area contributed by atoms with Crippen LogP contribution in [0, 0.1) is 17.6 Å². The van der Waals surface area contributed by atoms with Gasteiger partial charge in [0.25, 0.3) is 5.91 Å². The molecule has 2 amide bonds. The normalized spacial score (nSPS) is 20.9. The summed E-state index contributed by atoms with van der Waals surface area (Å²) in [5, 5.41) is 13.3. The van der Waals surface area contributed by atoms with Gasteiger partial charge in [0.2, 0.25) is 5.82 Å². The number of alkyl halides is 3. The van der Waals surface area contributed by atoms with Crippen LogP contribution in [0.4, 0.5) is 32.6 Å². The number of piperazine rings is 1. The van der Waals surface area contributed by atoms with Crippen molar-refractivity contribution in [2.24, 2.45) is 5.92 Å². The van der Waals surface area contributed by atoms with Crippen LogP contribution < -0.4 is 4.90 Å². The molecule has 2 fully saturated rings. The zero-order chi connectivity index (χ0) is 27.9. The summed E-state index contributed by atoms with van der Waals surface area (Å²) in [6.07, 6.45) is -4.27. The number of hydrogen-bond acceptors (Lipinski definition) is 7. The number of nitrogens with zero attached hydrogens (tertiary/aromatic N) is 5. The molecule has 5 rings (SSSR count). The summed E-state index contributed by atoms with van der Waals surface area (Å²) < 4.78 is 76.4. The van der Waals surface area contributed by atoms with Gasteiger partial charge < -0.3 is 14.4 Å². The first kappa shape index (κ1) is 26.5. The maximum absolute atomic E-state index is 14.2. The molecule has 0 bridgehead atoms. The molecule has 4 heterocycles. The van der Waals surface area contributed by atoms with E-state index in [1.54, 1.807) is 0 Å². The van der Waals surface area contributed by atoms with Crippen molar-refractivity contribution in [3.05, 3.63) is 59.6 Å². The molecule has 0 aliphatic carbocycles. The molecule has 39 heavy (non-hydrogen) atoms. The third-order valence-corrected chi connectivity index (χ3v) is 6.66. The zero-order valence-corrected chi connectivity index (χ0v) is 19.9. The Morgan fingerprint density at radius 3 is 2.33 bits per heavy atom. The van der Waals surface area contributed by atoms with Gasteiger partial charge in [0, 0.05) is 37.6 Å². The minimum absolute atomic E-state index is 0.00334. The molecule has 10 nitrogen and oxygen atoms in total. The summed E-state index contributed by atoms with van der Waals surface area (Å²) in [7, 11) is 0. The zero-order valence-electron chi connectivity index (χ0n) is 19.9. The molecule has 0 saturated carbocycles. The van der Waals surface area contributed by atoms with Crippen molar-refractivity contribution < 1.29 is 45.9 Å². The van der Waals surface area contributed by atoms with Crippen molar-refractivity contribution >= 4 is 17.8 Å². The molecule has 2 aromatic heterocycles. The molecule has 206 valence electrons. The van der Waals surface area contributed by atoms with Gasteiger partial charge in [-0.2, -0.15) is 18.2 Å². The smallest absolute Gasteiger partial charge is 0.465 e. The highest BCUT2D eigenvalue weighted by molar-refractivity contribution is 6.00. The van der Waals surface area contributed by atoms with Crippen molar-refractivity contribution in [3.63, 3.8) is 0 Å². The summed E-state index contributed by atoms with van der Waals surface area (Å²) >= 11 is 0. The lowest BCUT2D eigenvalue weighted by atomic mass is 9.86. The minimum atomic E-state index is -4.85. The number of aromatic nitrogens is 3. The van der Waals surface area contributed by atoms with Crippen molar-refractivity contribution in [1.29, 1.82) is 0 Å². The summed E-state index contributed by atoms with van der Waals surface area (Å²) in [6, 6.07) is 2.97. The Morgan fingerprint density at radius 1 is 1.08 bits per heavy atom. The molecule has 2 aliphatic heterocycles. The Balaban J connectivity index is 1.55. The number of anilines is 1. The Labute approximate surface area is 217 Å². The Morgan fingerprint density at radius 2 is 1.77 bits per heavy atom. The van der Waals surface area contributed by atoms with Crippen molar-refractivity contribution in [2.75, 3.05) is 24.7 Å². The van der Waals surface area contributed by atoms with Gasteiger partial charge in [0.05, 0.1) is 6.04 Å². The fourth-order valence-corrected chi connectivity index (χ4v) is 4.91. The van der Waals surface area contributed by atoms with Crippen molar-refractivity contribution in [1.82, 2.24) is 20.0 Å². The third-order valence-electron chi connectivity index (χ3n) is 6.66. The van der Waals surface area contributed by atoms with Crippen molar-refractivity contribution in [2.45, 2.75) is 31.1 Å². The van der Waals surface area contributed by atoms with Gasteiger partial charge in [-0.05, 0) is 48.6 Å². The maximum atomic E-state index is 14.2. The van der Waals surface area contributed by atoms with Crippen LogP contribution in [0.3, 0.4) is 0 Å². The van der Waals surface area contributed by atoms with Crippen LogP contribution in [0.15, 0.2) is 41.1 Å². The molecule has 3 aromatic rings. The number of hydrogen-bond donors (Lipinski definition) is 1. The van der Waals surface area contributed by atoms with E-state index in [2.05, 4.69) is 19.6 Å². The van der Waals surface area contributed by atoms with E-state index in [0.717, 1.165) is 28.1 Å². The van der Waals surface area contributed by atoms with Gasteiger partial charge in [-0.15, -0.1) is 0 Å². The van der Waals surface area contributed by atoms with Gasteiger partial charge in [0.1, 0.15) is 23.5 Å². The lowest BCUT2D eigenvalue weighted by Gasteiger charge is -2.47. The maximum Gasteiger partial charge on any atom is 0.471 e. The molecule has 15 heteroatoms. The number of carbonyl (C=O) groups excluding carboxylic acids is 1. The molecule has 2 atom stereocenters. The average Bonchev–Trinajstić information content (AvgIpc) is 3.39. The third kappa shape index (κ3) is 5.26. The molecule has 1 aromatic carbocycles. The van der Waals surface area contributed by atoms with E-state index in [4.69, 9.17) is 4.74 Å². The average molecular weight is 553 g/mol. The van der Waals surface area contributed by atoms with E-state index in [1.807, 2.05) is 0 Å². The number of rotatable bonds is 4. The second kappa shape index (κ2) is 10.2. The summed E-state index contributed by atoms with van der Waals surface area (Å²) in [6.45, 7) is 0.352. The fraction of sp³-hybridized carbons (Fsp3) is 0.375. The number of carboxylic acid groups (broad SMARTS) is 1. The van der Waals surface area contributed by atoms with E-state index >= 15 is 0 Å². The predicted molar refractivity (Wildman–Crippen MR) is 121 cm³/mol. The van der Waals surface area contributed by atoms with Crippen LogP contribution in [0.1, 0.15) is 30.3 Å². The van der Waals surface area contributed by atoms with Gasteiger partial charge in [-0.25, -0.2) is 18.6 Å². The van der Waals surface area contributed by atoms with Crippen LogP contribution in [0.25, 0.3) is 11.4 Å². The molecule has 1 N–H and O–H groups in total. The number of halogens is 5. The molecular weight excluding hydrogens is 533 g/mol. The first-order chi connectivity index (χ1) is 18.5. The van der Waals surface area contributed by atoms with Gasteiger partial charge in [-0.1, -0.05) is 5.16 Å². The van der Waals surface area contributed by atoms with Crippen LogP contribution in [-0.2, 0) is 15.7 Å². The second-order valence-electron chi connectivity index (χ2n) is 9.08. The highest BCUT2D eigenvalue weighted by Crippen LogP contribution is 2.38. The van der Waals surface area contributed by atoms with Gasteiger partial charge >= 0.3 is 18.2 Å². The Bertz CT molecular complexity index is 1360. The number of ether oxygens (including phenoxy) is 1. The van der Waals surface area contributed by atoms with E-state index in [-0.39, 0.29) is 29.4 Å². The number of benzene rings is 1. The van der Waals surface area contributed by atoms with E-state index in [1.165, 1.54) is 12.1 Å². The monoisotopic (exact) mass is 553 g/mol. The molecular formula is C24H20F5N5O5. The molecule has 2 aliphatic rings. The van der Waals surface area contributed by atoms with Crippen LogP contribution in [0.2, 0.25) is 0 Å². The highest BCUT2D eigenvalue weighted by atomic mass is 19.4. The minimum Gasteiger partial charge on any atom is -0.465 e. The summed E-state index contributed by atoms with van der Waals surface area (Å²) in [5.41, 5.74) is 0.0420. The Hall–Kier alpha value is -4.14. The topological polar surface area (TPSA) is 122 Å². The van der Waals surface area contributed by atoms with E-state index in [0.29, 0.717) is 32.1 Å². The SMILES string of the molecule is O=C(O)N1C[C@@H](c2cc(F)cc(F)c2)N(c2ccc(-c3noc(C(F)(F)F)n3)cn2)C(=O)C1C1CCOCC1. The first-order valence-electron chi connectivity index (χ1n) is 11.8. The number of carbonyl (C=O) groups is 2. The van der Waals surface area contributed by atoms with E-state index in [9.17, 15) is 36.6 Å². The van der Waals surface area contributed by atoms with E-state index < -0.39 is 53.6 Å². The molecule has 0 spiro atoms. The fourth-order valence-electron chi connectivity index (χ4n) is 4.91. The standard InChI is InChI=1S/C24H20F5N5O5/c25-15-7-14(8-16(26)9-15)17-11-33(23(36)37)19(12-3-5-38-6-4-12)21(35)34(17)18-2-1-13(10-30-18)20-31-22(39-32-20)24(27,28)29/h1-2,7-10,12,17,19H,3-6,11H2,(H,36,37)/t17-,19?/m0/s1. The second-order valence-corrected chi connectivity index (χ2v) is 9.08. The van der Waals surface area contributed by atoms with Gasteiger partial charge in [-0.3, -0.25) is 14.6 Å². The van der Waals surface area contributed by atoms with Crippen LogP contribution >= 0.6 is 0 Å². The predicted octanol–water partition coefficient (Wildman–Crippen LogP) is 4.29. The largest absolute Gasteiger partial charge is 0.471 e. The van der Waals surface area contributed by atoms with Gasteiger partial charge in [0.15, 0.2) is 0 Å². The highest BCUT2D eigenvalue weighted by Gasteiger charge is 2.48. The quantitative estimate of drug-likeness (QED) is 0.475. The van der Waals surface area contributed by atoms with Crippen molar-refractivity contribution in [3.8, 4) is 11.4 Å². The lowest BCUT2D eigenvalue weighted by molar-refractivity contribution is -0.159. The van der Waals surface area contributed by atoms with Crippen LogP contribution in [0.5, 0.6) is 0 Å². The van der Waals surface area contributed by atoms with Crippen LogP contribution in [-0.4, -0.2) is 62.9 Å². The first-order valence-corrected chi connectivity index (χ1v) is 11.8. The number of amides is 2. The summed E-state index contributed by atoms with van der Waals surface area (Å²) in [5.74, 6) is -4.85. The molecule has 1 unspecified atom stereocenters. The lowest BCUT2D eigenvalue weighted by Crippen LogP contribution is -2.62. The number of pyridine rings is 1. The summed E-state index contributed by atoms with van der Waals surface area (Å²) in [4.78, 5) is 35.8.